The highest BCUT2D eigenvalue weighted by atomic mass is 14.7. The predicted molar refractivity (Wildman–Crippen MR) is 97.4 cm³/mol. The summed E-state index contributed by atoms with van der Waals surface area (Å²) in [4.78, 5) is 4.40. The van der Waals surface area contributed by atoms with Crippen molar-refractivity contribution in [1.29, 1.82) is 0 Å². The Balaban J connectivity index is 1.93. The number of hydrogen-bond acceptors (Lipinski definition) is 1. The van der Waals surface area contributed by atoms with E-state index in [0.29, 0.717) is 5.56 Å². The van der Waals surface area contributed by atoms with Gasteiger partial charge < -0.3 is 0 Å². The normalized spacial score (nSPS) is 13.3. The molecule has 0 bridgehead atoms. The van der Waals surface area contributed by atoms with E-state index in [1.54, 1.807) is 0 Å². The molecule has 1 heterocycles. The largest absolute Gasteiger partial charge is 0.256 e. The number of benzene rings is 3. The summed E-state index contributed by atoms with van der Waals surface area (Å²) in [6.07, 6.45) is 1.49. The molecule has 0 aliphatic heterocycles. The van der Waals surface area contributed by atoms with Crippen molar-refractivity contribution in [3.05, 3.63) is 90.6 Å². The highest BCUT2D eigenvalue weighted by molar-refractivity contribution is 5.88. The third kappa shape index (κ3) is 2.62. The maximum Gasteiger partial charge on any atom is 0.0708 e. The molecule has 110 valence electrons. The molecule has 0 aliphatic rings. The van der Waals surface area contributed by atoms with Gasteiger partial charge in [0.2, 0.25) is 0 Å². The Bertz CT molecular complexity index is 1070. The molecule has 4 rings (SSSR count). The Morgan fingerprint density at radius 2 is 1.52 bits per heavy atom. The number of fused-ring (bicyclic) bond motifs is 1. The molecule has 1 aromatic heterocycles. The second-order valence-electron chi connectivity index (χ2n) is 5.54. The average Bonchev–Trinajstić information content (AvgIpc) is 2.67. The summed E-state index contributed by atoms with van der Waals surface area (Å²) in [5.41, 5.74) is 3.58. The molecule has 0 aliphatic carbocycles. The smallest absolute Gasteiger partial charge is 0.0708 e. The summed E-state index contributed by atoms with van der Waals surface area (Å²) >= 11 is 0. The van der Waals surface area contributed by atoms with E-state index in [4.69, 9.17) is 4.11 Å². The van der Waals surface area contributed by atoms with Gasteiger partial charge in [0, 0.05) is 15.9 Å². The van der Waals surface area contributed by atoms with Gasteiger partial charge in [-0.15, -0.1) is 0 Å². The van der Waals surface area contributed by atoms with Gasteiger partial charge in [-0.1, -0.05) is 66.7 Å². The van der Waals surface area contributed by atoms with Gasteiger partial charge in [0.25, 0.3) is 0 Å². The Hall–Kier alpha value is -2.93. The number of pyridine rings is 1. The topological polar surface area (TPSA) is 12.9 Å². The van der Waals surface area contributed by atoms with Gasteiger partial charge in [-0.2, -0.15) is 0 Å². The van der Waals surface area contributed by atoms with E-state index in [9.17, 15) is 0 Å². The summed E-state index contributed by atoms with van der Waals surface area (Å²) in [6, 6.07) is 25.8. The summed E-state index contributed by atoms with van der Waals surface area (Å²) in [6.45, 7) is -2.22. The first-order valence-electron chi connectivity index (χ1n) is 9.07. The van der Waals surface area contributed by atoms with Crippen molar-refractivity contribution in [3.8, 4) is 22.4 Å². The maximum absolute atomic E-state index is 7.89. The van der Waals surface area contributed by atoms with Gasteiger partial charge in [0.15, 0.2) is 0 Å². The molecule has 1 heteroatoms. The fourth-order valence-electron chi connectivity index (χ4n) is 2.82. The van der Waals surface area contributed by atoms with Crippen LogP contribution in [0.2, 0.25) is 0 Å². The van der Waals surface area contributed by atoms with Crippen molar-refractivity contribution in [1.82, 2.24) is 4.98 Å². The van der Waals surface area contributed by atoms with Gasteiger partial charge in [-0.05, 0) is 46.4 Å². The lowest BCUT2D eigenvalue weighted by Gasteiger charge is -2.10. The van der Waals surface area contributed by atoms with E-state index in [1.807, 2.05) is 78.9 Å². The molecule has 0 amide bonds. The highest BCUT2D eigenvalue weighted by Gasteiger charge is 2.07. The maximum atomic E-state index is 7.89. The SMILES string of the molecule is [2H]C([2H])([2H])c1cnc(-c2ccccc2)cc1-c1ccc2ccccc2c1. The van der Waals surface area contributed by atoms with E-state index >= 15 is 0 Å². The molecule has 0 saturated carbocycles. The van der Waals surface area contributed by atoms with Crippen LogP contribution in [0.5, 0.6) is 0 Å². The predicted octanol–water partition coefficient (Wildman–Crippen LogP) is 5.88. The van der Waals surface area contributed by atoms with Gasteiger partial charge >= 0.3 is 0 Å². The van der Waals surface area contributed by atoms with Crippen molar-refractivity contribution in [2.45, 2.75) is 6.85 Å². The number of nitrogens with zero attached hydrogens (tertiary/aromatic N) is 1. The fourth-order valence-corrected chi connectivity index (χ4v) is 2.82. The van der Waals surface area contributed by atoms with Crippen LogP contribution in [-0.4, -0.2) is 4.98 Å². The minimum atomic E-state index is -2.22. The van der Waals surface area contributed by atoms with Crippen LogP contribution < -0.4 is 0 Å². The Kier molecular flexibility index (Phi) is 2.66. The Morgan fingerprint density at radius 1 is 0.739 bits per heavy atom. The van der Waals surface area contributed by atoms with E-state index in [-0.39, 0.29) is 5.56 Å². The zero-order valence-corrected chi connectivity index (χ0v) is 12.5. The summed E-state index contributed by atoms with van der Waals surface area (Å²) in [7, 11) is 0. The number of aromatic nitrogens is 1. The summed E-state index contributed by atoms with van der Waals surface area (Å²) in [5.74, 6) is 0. The molecular weight excluding hydrogens is 278 g/mol. The van der Waals surface area contributed by atoms with Crippen LogP contribution in [0, 0.1) is 6.85 Å². The van der Waals surface area contributed by atoms with Crippen molar-refractivity contribution in [3.63, 3.8) is 0 Å². The van der Waals surface area contributed by atoms with E-state index in [1.165, 1.54) is 6.20 Å². The van der Waals surface area contributed by atoms with Crippen LogP contribution >= 0.6 is 0 Å². The number of rotatable bonds is 2. The number of hydrogen-bond donors (Lipinski definition) is 0. The van der Waals surface area contributed by atoms with E-state index < -0.39 is 6.85 Å². The van der Waals surface area contributed by atoms with E-state index in [0.717, 1.165) is 27.6 Å². The molecule has 0 atom stereocenters. The zero-order chi connectivity index (χ0) is 18.1. The molecule has 0 spiro atoms. The lowest BCUT2D eigenvalue weighted by Crippen LogP contribution is -1.89. The van der Waals surface area contributed by atoms with Crippen molar-refractivity contribution in [2.75, 3.05) is 0 Å². The fraction of sp³-hybridized carbons (Fsp3) is 0.0455. The van der Waals surface area contributed by atoms with Gasteiger partial charge in [0.05, 0.1) is 5.69 Å². The minimum Gasteiger partial charge on any atom is -0.256 e. The molecule has 0 radical (unpaired) electrons. The van der Waals surface area contributed by atoms with Crippen LogP contribution in [0.15, 0.2) is 85.1 Å². The second-order valence-corrected chi connectivity index (χ2v) is 5.54. The zero-order valence-electron chi connectivity index (χ0n) is 15.5. The first-order chi connectivity index (χ1) is 12.5. The van der Waals surface area contributed by atoms with Crippen molar-refractivity contribution >= 4 is 10.8 Å². The lowest BCUT2D eigenvalue weighted by molar-refractivity contribution is 1.27. The van der Waals surface area contributed by atoms with Crippen LogP contribution in [0.3, 0.4) is 0 Å². The van der Waals surface area contributed by atoms with Crippen LogP contribution in [0.25, 0.3) is 33.2 Å². The number of aryl methyl sites for hydroxylation is 1. The Labute approximate surface area is 140 Å². The quantitative estimate of drug-likeness (QED) is 0.450. The monoisotopic (exact) mass is 298 g/mol. The van der Waals surface area contributed by atoms with Gasteiger partial charge in [0.1, 0.15) is 0 Å². The summed E-state index contributed by atoms with van der Waals surface area (Å²) in [5, 5.41) is 2.21. The van der Waals surface area contributed by atoms with Crippen molar-refractivity contribution < 1.29 is 4.11 Å². The molecule has 3 aromatic carbocycles. The molecule has 0 saturated heterocycles. The van der Waals surface area contributed by atoms with Gasteiger partial charge in [-0.3, -0.25) is 4.98 Å². The van der Waals surface area contributed by atoms with Crippen LogP contribution in [0.1, 0.15) is 9.68 Å². The van der Waals surface area contributed by atoms with Crippen LogP contribution in [-0.2, 0) is 0 Å². The molecule has 0 N–H and O–H groups in total. The standard InChI is InChI=1S/C22H17N/c1-16-15-23-22(18-8-3-2-4-9-18)14-21(16)20-12-11-17-7-5-6-10-19(17)13-20/h2-15H,1H3/i1D3. The van der Waals surface area contributed by atoms with Gasteiger partial charge in [-0.25, -0.2) is 0 Å². The molecule has 1 nitrogen and oxygen atoms in total. The molecule has 0 fully saturated rings. The molecule has 23 heavy (non-hydrogen) atoms. The summed E-state index contributed by atoms with van der Waals surface area (Å²) < 4.78 is 23.7. The third-order valence-corrected chi connectivity index (χ3v) is 4.03. The molecule has 0 unspecified atom stereocenters. The average molecular weight is 298 g/mol. The van der Waals surface area contributed by atoms with E-state index in [2.05, 4.69) is 4.98 Å². The molecule has 4 aromatic rings. The third-order valence-electron chi connectivity index (χ3n) is 4.03. The van der Waals surface area contributed by atoms with Crippen LogP contribution in [0.4, 0.5) is 0 Å². The Morgan fingerprint density at radius 3 is 2.35 bits per heavy atom. The highest BCUT2D eigenvalue weighted by Crippen LogP contribution is 2.29. The first kappa shape index (κ1) is 10.7. The second kappa shape index (κ2) is 5.69. The lowest BCUT2D eigenvalue weighted by atomic mass is 9.97. The molecular formula is C22H17N. The van der Waals surface area contributed by atoms with Crippen molar-refractivity contribution in [2.24, 2.45) is 0 Å². The minimum absolute atomic E-state index is 0.271. The first-order valence-corrected chi connectivity index (χ1v) is 7.57.